The van der Waals surface area contributed by atoms with Crippen molar-refractivity contribution < 1.29 is 18.7 Å². The van der Waals surface area contributed by atoms with E-state index in [0.717, 1.165) is 19.6 Å². The standard InChI is InChI=1S/C20H29FN2O3/c1-15-13-22(14-16(2)23(15)11-4-12-26-3)20(25)10-9-19(24)17-5-7-18(21)8-6-17/h5-8,15-16H,4,9-14H2,1-3H3. The summed E-state index contributed by atoms with van der Waals surface area (Å²) in [6.45, 7) is 7.33. The number of Topliss-reactive ketones (excluding diaryl/α,β-unsaturated/α-hetero) is 1. The molecule has 5 nitrogen and oxygen atoms in total. The average molecular weight is 364 g/mol. The summed E-state index contributed by atoms with van der Waals surface area (Å²) >= 11 is 0. The Morgan fingerprint density at radius 2 is 1.73 bits per heavy atom. The molecule has 144 valence electrons. The Morgan fingerprint density at radius 1 is 1.12 bits per heavy atom. The molecule has 0 saturated carbocycles. The molecule has 0 bridgehead atoms. The molecule has 0 N–H and O–H groups in total. The molecule has 6 heteroatoms. The van der Waals surface area contributed by atoms with Crippen LogP contribution < -0.4 is 0 Å². The van der Waals surface area contributed by atoms with Crippen LogP contribution in [-0.2, 0) is 9.53 Å². The molecule has 1 fully saturated rings. The zero-order valence-electron chi connectivity index (χ0n) is 15.9. The highest BCUT2D eigenvalue weighted by Gasteiger charge is 2.31. The molecule has 2 atom stereocenters. The van der Waals surface area contributed by atoms with Crippen molar-refractivity contribution in [3.05, 3.63) is 35.6 Å². The number of benzene rings is 1. The molecule has 1 heterocycles. The number of nitrogens with zero attached hydrogens (tertiary/aromatic N) is 2. The molecule has 2 rings (SSSR count). The Kier molecular flexibility index (Phi) is 7.72. The van der Waals surface area contributed by atoms with Gasteiger partial charge in [0.05, 0.1) is 0 Å². The van der Waals surface area contributed by atoms with Gasteiger partial charge in [0.2, 0.25) is 5.91 Å². The molecule has 1 aliphatic heterocycles. The van der Waals surface area contributed by atoms with E-state index >= 15 is 0 Å². The second-order valence-electron chi connectivity index (χ2n) is 7.01. The maximum Gasteiger partial charge on any atom is 0.223 e. The number of ketones is 1. The summed E-state index contributed by atoms with van der Waals surface area (Å²) in [6.07, 6.45) is 1.33. The highest BCUT2D eigenvalue weighted by atomic mass is 19.1. The van der Waals surface area contributed by atoms with E-state index in [1.54, 1.807) is 7.11 Å². The molecule has 0 radical (unpaired) electrons. The third-order valence-corrected chi connectivity index (χ3v) is 4.95. The lowest BCUT2D eigenvalue weighted by atomic mass is 10.0. The zero-order valence-corrected chi connectivity index (χ0v) is 15.9. The lowest BCUT2D eigenvalue weighted by molar-refractivity contribution is -0.135. The number of hydrogen-bond donors (Lipinski definition) is 0. The lowest BCUT2D eigenvalue weighted by Crippen LogP contribution is -2.58. The minimum atomic E-state index is -0.371. The fraction of sp³-hybridized carbons (Fsp3) is 0.600. The predicted octanol–water partition coefficient (Wildman–Crippen LogP) is 2.75. The largest absolute Gasteiger partial charge is 0.385 e. The van der Waals surface area contributed by atoms with Gasteiger partial charge in [-0.15, -0.1) is 0 Å². The van der Waals surface area contributed by atoms with Crippen LogP contribution in [0.25, 0.3) is 0 Å². The van der Waals surface area contributed by atoms with Gasteiger partial charge in [-0.2, -0.15) is 0 Å². The summed E-state index contributed by atoms with van der Waals surface area (Å²) < 4.78 is 18.0. The number of carbonyl (C=O) groups excluding carboxylic acids is 2. The van der Waals surface area contributed by atoms with Crippen molar-refractivity contribution in [3.8, 4) is 0 Å². The van der Waals surface area contributed by atoms with E-state index < -0.39 is 0 Å². The molecule has 0 aliphatic carbocycles. The van der Waals surface area contributed by atoms with Crippen LogP contribution in [0.2, 0.25) is 0 Å². The fourth-order valence-corrected chi connectivity index (χ4v) is 3.55. The lowest BCUT2D eigenvalue weighted by Gasteiger charge is -2.44. The van der Waals surface area contributed by atoms with Crippen LogP contribution in [0.3, 0.4) is 0 Å². The van der Waals surface area contributed by atoms with Crippen molar-refractivity contribution in [2.75, 3.05) is 33.4 Å². The van der Waals surface area contributed by atoms with Crippen LogP contribution >= 0.6 is 0 Å². The first-order valence-electron chi connectivity index (χ1n) is 9.23. The van der Waals surface area contributed by atoms with Crippen molar-refractivity contribution in [3.63, 3.8) is 0 Å². The molecule has 1 aromatic rings. The van der Waals surface area contributed by atoms with Crippen LogP contribution in [0, 0.1) is 5.82 Å². The first kappa shape index (κ1) is 20.5. The number of carbonyl (C=O) groups is 2. The van der Waals surface area contributed by atoms with Crippen molar-refractivity contribution in [1.29, 1.82) is 0 Å². The minimum Gasteiger partial charge on any atom is -0.385 e. The van der Waals surface area contributed by atoms with E-state index in [-0.39, 0.29) is 42.4 Å². The third kappa shape index (κ3) is 5.61. The van der Waals surface area contributed by atoms with Crippen LogP contribution in [0.4, 0.5) is 4.39 Å². The van der Waals surface area contributed by atoms with Crippen LogP contribution in [-0.4, -0.2) is 66.9 Å². The molecule has 1 amide bonds. The van der Waals surface area contributed by atoms with Crippen molar-refractivity contribution in [1.82, 2.24) is 9.80 Å². The molecule has 26 heavy (non-hydrogen) atoms. The number of halogens is 1. The van der Waals surface area contributed by atoms with Gasteiger partial charge in [0.25, 0.3) is 0 Å². The molecule has 0 aromatic heterocycles. The maximum atomic E-state index is 12.9. The molecule has 1 aromatic carbocycles. The van der Waals surface area contributed by atoms with Gasteiger partial charge in [-0.3, -0.25) is 14.5 Å². The first-order chi connectivity index (χ1) is 12.4. The minimum absolute atomic E-state index is 0.00991. The molecular weight excluding hydrogens is 335 g/mol. The van der Waals surface area contributed by atoms with Crippen LogP contribution in [0.15, 0.2) is 24.3 Å². The van der Waals surface area contributed by atoms with Crippen molar-refractivity contribution >= 4 is 11.7 Å². The van der Waals surface area contributed by atoms with E-state index in [0.29, 0.717) is 18.7 Å². The molecular formula is C20H29FN2O3. The number of amides is 1. The third-order valence-electron chi connectivity index (χ3n) is 4.95. The van der Waals surface area contributed by atoms with Gasteiger partial charge in [-0.05, 0) is 44.5 Å². The number of piperazine rings is 1. The number of methoxy groups -OCH3 is 1. The van der Waals surface area contributed by atoms with Gasteiger partial charge in [-0.25, -0.2) is 4.39 Å². The maximum absolute atomic E-state index is 12.9. The van der Waals surface area contributed by atoms with Crippen molar-refractivity contribution in [2.24, 2.45) is 0 Å². The van der Waals surface area contributed by atoms with Gasteiger partial charge in [0.1, 0.15) is 5.82 Å². The second-order valence-corrected chi connectivity index (χ2v) is 7.01. The monoisotopic (exact) mass is 364 g/mol. The number of ether oxygens (including phenoxy) is 1. The predicted molar refractivity (Wildman–Crippen MR) is 98.7 cm³/mol. The van der Waals surface area contributed by atoms with Gasteiger partial charge in [-0.1, -0.05) is 0 Å². The Bertz CT molecular complexity index is 594. The second kappa shape index (κ2) is 9.78. The molecule has 1 saturated heterocycles. The summed E-state index contributed by atoms with van der Waals surface area (Å²) in [5, 5.41) is 0. The molecule has 2 unspecified atom stereocenters. The number of hydrogen-bond acceptors (Lipinski definition) is 4. The average Bonchev–Trinajstić information content (AvgIpc) is 2.62. The Labute approximate surface area is 155 Å². The summed E-state index contributed by atoms with van der Waals surface area (Å²) in [6, 6.07) is 6.03. The van der Waals surface area contributed by atoms with E-state index in [4.69, 9.17) is 4.74 Å². The quantitative estimate of drug-likeness (QED) is 0.526. The Morgan fingerprint density at radius 3 is 2.31 bits per heavy atom. The van der Waals surface area contributed by atoms with Gasteiger partial charge >= 0.3 is 0 Å². The SMILES string of the molecule is COCCCN1C(C)CN(C(=O)CCC(=O)c2ccc(F)cc2)CC1C. The normalized spacial score (nSPS) is 21.0. The summed E-state index contributed by atoms with van der Waals surface area (Å²) in [7, 11) is 1.71. The van der Waals surface area contributed by atoms with E-state index in [1.165, 1.54) is 24.3 Å². The topological polar surface area (TPSA) is 49.9 Å². The van der Waals surface area contributed by atoms with Crippen LogP contribution in [0.5, 0.6) is 0 Å². The number of rotatable bonds is 8. The summed E-state index contributed by atoms with van der Waals surface area (Å²) in [4.78, 5) is 28.9. The fourth-order valence-electron chi connectivity index (χ4n) is 3.55. The summed E-state index contributed by atoms with van der Waals surface area (Å²) in [5.74, 6) is -0.489. The van der Waals surface area contributed by atoms with Gasteiger partial charge < -0.3 is 9.64 Å². The van der Waals surface area contributed by atoms with E-state index in [1.807, 2.05) is 4.90 Å². The first-order valence-corrected chi connectivity index (χ1v) is 9.23. The van der Waals surface area contributed by atoms with Gasteiger partial charge in [0.15, 0.2) is 5.78 Å². The highest BCUT2D eigenvalue weighted by Crippen LogP contribution is 2.18. The smallest absolute Gasteiger partial charge is 0.223 e. The Hall–Kier alpha value is -1.79. The summed E-state index contributed by atoms with van der Waals surface area (Å²) in [5.41, 5.74) is 0.448. The van der Waals surface area contributed by atoms with Crippen LogP contribution in [0.1, 0.15) is 43.5 Å². The molecule has 0 spiro atoms. The van der Waals surface area contributed by atoms with Gasteiger partial charge in [0, 0.05) is 63.8 Å². The Balaban J connectivity index is 1.82. The molecule has 1 aliphatic rings. The van der Waals surface area contributed by atoms with E-state index in [2.05, 4.69) is 18.7 Å². The van der Waals surface area contributed by atoms with E-state index in [9.17, 15) is 14.0 Å². The van der Waals surface area contributed by atoms with Crippen molar-refractivity contribution in [2.45, 2.75) is 45.2 Å². The zero-order chi connectivity index (χ0) is 19.1. The highest BCUT2D eigenvalue weighted by molar-refractivity contribution is 5.97.